The molecule has 3 N–H and O–H groups in total. The van der Waals surface area contributed by atoms with Crippen molar-refractivity contribution in [1.29, 1.82) is 0 Å². The fourth-order valence-electron chi connectivity index (χ4n) is 4.59. The molecule has 0 aliphatic heterocycles. The fourth-order valence-corrected chi connectivity index (χ4v) is 4.59. The normalized spacial score (nSPS) is 15.5. The number of nitrogens with zero attached hydrogens (tertiary/aromatic N) is 1. The second-order valence-electron chi connectivity index (χ2n) is 10.6. The lowest BCUT2D eigenvalue weighted by molar-refractivity contribution is -0.138. The molecule has 1 fully saturated rings. The molecule has 0 bridgehead atoms. The zero-order chi connectivity index (χ0) is 26.6. The number of hydrogen-bond donors (Lipinski definition) is 2. The molecule has 194 valence electrons. The highest BCUT2D eigenvalue weighted by Crippen LogP contribution is 2.28. The quantitative estimate of drug-likeness (QED) is 0.293. The van der Waals surface area contributed by atoms with E-state index in [-0.39, 0.29) is 11.9 Å². The number of amidine groups is 1. The Bertz CT molecular complexity index is 1300. The van der Waals surface area contributed by atoms with Crippen LogP contribution in [-0.4, -0.2) is 34.7 Å². The number of nitrogens with two attached hydrogens (primary N) is 1. The number of ether oxygens (including phenoxy) is 2. The molecule has 1 saturated carbocycles. The van der Waals surface area contributed by atoms with Gasteiger partial charge in [-0.25, -0.2) is 4.79 Å². The van der Waals surface area contributed by atoms with Crippen LogP contribution in [0.15, 0.2) is 65.7 Å². The van der Waals surface area contributed by atoms with Gasteiger partial charge in [-0.1, -0.05) is 42.5 Å². The van der Waals surface area contributed by atoms with Gasteiger partial charge in [-0.3, -0.25) is 4.79 Å². The molecule has 3 aromatic carbocycles. The van der Waals surface area contributed by atoms with Crippen molar-refractivity contribution in [2.45, 2.75) is 70.5 Å². The van der Waals surface area contributed by atoms with Crippen LogP contribution >= 0.6 is 0 Å². The highest BCUT2D eigenvalue weighted by Gasteiger charge is 2.22. The lowest BCUT2D eigenvalue weighted by Gasteiger charge is -2.17. The number of fused-ring (bicyclic) bond motifs is 1. The van der Waals surface area contributed by atoms with Gasteiger partial charge in [-0.15, -0.1) is 0 Å². The minimum atomic E-state index is -0.882. The second-order valence-corrected chi connectivity index (χ2v) is 10.6. The van der Waals surface area contributed by atoms with Gasteiger partial charge < -0.3 is 20.3 Å². The van der Waals surface area contributed by atoms with Gasteiger partial charge in [0.2, 0.25) is 0 Å². The molecule has 0 saturated heterocycles. The first-order valence-corrected chi connectivity index (χ1v) is 12.7. The zero-order valence-corrected chi connectivity index (χ0v) is 21.6. The zero-order valence-electron chi connectivity index (χ0n) is 21.6. The van der Waals surface area contributed by atoms with E-state index < -0.39 is 23.6 Å². The Morgan fingerprint density at radius 3 is 2.32 bits per heavy atom. The van der Waals surface area contributed by atoms with Crippen LogP contribution in [0.2, 0.25) is 0 Å². The van der Waals surface area contributed by atoms with Crippen molar-refractivity contribution in [1.82, 2.24) is 0 Å². The molecule has 1 unspecified atom stereocenters. The minimum Gasteiger partial charge on any atom is -0.490 e. The lowest BCUT2D eigenvalue weighted by atomic mass is 9.91. The minimum absolute atomic E-state index is 0.0601. The summed E-state index contributed by atoms with van der Waals surface area (Å²) in [6.45, 7) is 5.28. The van der Waals surface area contributed by atoms with Crippen molar-refractivity contribution in [2.75, 3.05) is 0 Å². The van der Waals surface area contributed by atoms with E-state index in [1.54, 1.807) is 26.8 Å². The van der Waals surface area contributed by atoms with E-state index >= 15 is 0 Å². The predicted molar refractivity (Wildman–Crippen MR) is 144 cm³/mol. The lowest BCUT2D eigenvalue weighted by Crippen LogP contribution is -2.24. The van der Waals surface area contributed by atoms with Gasteiger partial charge in [-0.05, 0) is 93.0 Å². The first-order valence-electron chi connectivity index (χ1n) is 12.7. The van der Waals surface area contributed by atoms with Gasteiger partial charge in [0.05, 0.1) is 12.0 Å². The predicted octanol–water partition coefficient (Wildman–Crippen LogP) is 6.21. The molecule has 0 spiro atoms. The number of carbonyl (C=O) groups excluding carboxylic acids is 1. The van der Waals surface area contributed by atoms with Gasteiger partial charge in [0.1, 0.15) is 17.2 Å². The third kappa shape index (κ3) is 7.09. The number of carbonyl (C=O) groups is 2. The summed E-state index contributed by atoms with van der Waals surface area (Å²) in [4.78, 5) is 28.1. The molecule has 1 aliphatic carbocycles. The van der Waals surface area contributed by atoms with Crippen LogP contribution in [0.1, 0.15) is 69.1 Å². The molecule has 1 amide bonds. The number of carboxylic acids is 1. The highest BCUT2D eigenvalue weighted by atomic mass is 16.6. The summed E-state index contributed by atoms with van der Waals surface area (Å²) in [5.41, 5.74) is 7.60. The van der Waals surface area contributed by atoms with Gasteiger partial charge >= 0.3 is 12.1 Å². The molecule has 0 heterocycles. The number of carboxylic acid groups (broad SMARTS) is 1. The Morgan fingerprint density at radius 1 is 1.00 bits per heavy atom. The topological polar surface area (TPSA) is 111 Å². The van der Waals surface area contributed by atoms with E-state index in [1.165, 1.54) is 12.8 Å². The van der Waals surface area contributed by atoms with Crippen molar-refractivity contribution in [3.63, 3.8) is 0 Å². The second kappa shape index (κ2) is 11.0. The monoisotopic (exact) mass is 502 g/mol. The highest BCUT2D eigenvalue weighted by molar-refractivity contribution is 6.05. The molecule has 0 radical (unpaired) electrons. The maximum atomic E-state index is 12.2. The number of hydrogen-bond acceptors (Lipinski definition) is 4. The van der Waals surface area contributed by atoms with Crippen molar-refractivity contribution in [2.24, 2.45) is 10.7 Å². The Balaban J connectivity index is 1.52. The van der Waals surface area contributed by atoms with Crippen LogP contribution in [0.4, 0.5) is 4.79 Å². The summed E-state index contributed by atoms with van der Waals surface area (Å²) < 4.78 is 11.2. The summed E-state index contributed by atoms with van der Waals surface area (Å²) >= 11 is 0. The molecule has 7 heteroatoms. The maximum Gasteiger partial charge on any atom is 0.436 e. The third-order valence-corrected chi connectivity index (χ3v) is 6.43. The number of aliphatic carboxylic acids is 1. The maximum absolute atomic E-state index is 12.2. The van der Waals surface area contributed by atoms with Crippen molar-refractivity contribution >= 4 is 28.7 Å². The van der Waals surface area contributed by atoms with E-state index in [9.17, 15) is 14.7 Å². The van der Waals surface area contributed by atoms with E-state index in [0.717, 1.165) is 40.5 Å². The molecule has 7 nitrogen and oxygen atoms in total. The van der Waals surface area contributed by atoms with Gasteiger partial charge in [0.15, 0.2) is 0 Å². The van der Waals surface area contributed by atoms with Crippen molar-refractivity contribution < 1.29 is 24.2 Å². The fraction of sp³-hybridized carbons (Fsp3) is 0.367. The Labute approximate surface area is 217 Å². The first kappa shape index (κ1) is 26.2. The smallest absolute Gasteiger partial charge is 0.436 e. The molecule has 3 aromatic rings. The van der Waals surface area contributed by atoms with Crippen LogP contribution in [0, 0.1) is 0 Å². The largest absolute Gasteiger partial charge is 0.490 e. The number of rotatable bonds is 7. The van der Waals surface area contributed by atoms with E-state index in [2.05, 4.69) is 4.99 Å². The summed E-state index contributed by atoms with van der Waals surface area (Å²) in [7, 11) is 0. The molecule has 0 aromatic heterocycles. The summed E-state index contributed by atoms with van der Waals surface area (Å²) in [5, 5.41) is 11.8. The standard InChI is InChI=1S/C30H34N2O5/c1-30(2,3)37-29(35)32-27(31)22-11-10-20-9-8-19(16-23(20)18-22)17-26(28(33)34)21-12-14-25(15-13-21)36-24-6-4-5-7-24/h8-16,18,24,26H,4-7,17H2,1-3H3,(H,33,34)(H2,31,32,35). The number of aliphatic imine (C=N–C) groups is 1. The average molecular weight is 503 g/mol. The molecular formula is C30H34N2O5. The Hall–Kier alpha value is -3.87. The Kier molecular flexibility index (Phi) is 7.81. The SMILES string of the molecule is CC(C)(C)OC(=O)/N=C(\N)c1ccc2ccc(CC(C(=O)O)c3ccc(OC4CCCC4)cc3)cc2c1. The van der Waals surface area contributed by atoms with Crippen LogP contribution in [0.25, 0.3) is 10.8 Å². The summed E-state index contributed by atoms with van der Waals surface area (Å²) in [6.07, 6.45) is 4.37. The third-order valence-electron chi connectivity index (χ3n) is 6.43. The average Bonchev–Trinajstić information content (AvgIpc) is 3.34. The molecule has 1 aliphatic rings. The number of benzene rings is 3. The number of amides is 1. The van der Waals surface area contributed by atoms with Gasteiger partial charge in [0.25, 0.3) is 0 Å². The van der Waals surface area contributed by atoms with Crippen molar-refractivity contribution in [3.8, 4) is 5.75 Å². The Morgan fingerprint density at radius 2 is 1.68 bits per heavy atom. The van der Waals surface area contributed by atoms with E-state index in [4.69, 9.17) is 15.2 Å². The molecule has 1 atom stereocenters. The van der Waals surface area contributed by atoms with E-state index in [1.807, 2.05) is 54.6 Å². The van der Waals surface area contributed by atoms with E-state index in [0.29, 0.717) is 12.0 Å². The molecule has 4 rings (SSSR count). The first-order chi connectivity index (χ1) is 17.6. The summed E-state index contributed by atoms with van der Waals surface area (Å²) in [6, 6.07) is 18.8. The van der Waals surface area contributed by atoms with Gasteiger partial charge in [-0.2, -0.15) is 4.99 Å². The van der Waals surface area contributed by atoms with Crippen LogP contribution in [0.3, 0.4) is 0 Å². The van der Waals surface area contributed by atoms with Crippen LogP contribution in [0.5, 0.6) is 5.75 Å². The molecule has 37 heavy (non-hydrogen) atoms. The van der Waals surface area contributed by atoms with Crippen LogP contribution in [-0.2, 0) is 16.0 Å². The van der Waals surface area contributed by atoms with Crippen molar-refractivity contribution in [3.05, 3.63) is 77.4 Å². The van der Waals surface area contributed by atoms with Gasteiger partial charge in [0, 0.05) is 5.56 Å². The molecular weight excluding hydrogens is 468 g/mol. The summed E-state index contributed by atoms with van der Waals surface area (Å²) in [5.74, 6) is -0.736. The van der Waals surface area contributed by atoms with Crippen LogP contribution < -0.4 is 10.5 Å².